The van der Waals surface area contributed by atoms with Crippen LogP contribution in [0.15, 0.2) is 0 Å². The quantitative estimate of drug-likeness (QED) is 0.332. The fraction of sp³-hybridized carbons (Fsp3) is 0.500. The van der Waals surface area contributed by atoms with Crippen molar-refractivity contribution in [1.29, 1.82) is 0 Å². The van der Waals surface area contributed by atoms with Gasteiger partial charge in [-0.25, -0.2) is 0 Å². The molecule has 0 atom stereocenters. The molecule has 0 aliphatic carbocycles. The van der Waals surface area contributed by atoms with Crippen molar-refractivity contribution in [2.45, 2.75) is 20.8 Å². The molecule has 12 nitrogen and oxygen atoms in total. The molecule has 0 saturated heterocycles. The van der Waals surface area contributed by atoms with E-state index in [1.165, 1.54) is 0 Å². The zero-order valence-electron chi connectivity index (χ0n) is 10.4. The van der Waals surface area contributed by atoms with Crippen LogP contribution in [0.25, 0.3) is 0 Å². The molecule has 1 radical (unpaired) electrons. The van der Waals surface area contributed by atoms with Gasteiger partial charge in [-0.15, -0.1) is 0 Å². The Morgan fingerprint density at radius 3 is 0.526 bits per heavy atom. The van der Waals surface area contributed by atoms with Crippen LogP contribution in [0.5, 0.6) is 0 Å². The van der Waals surface area contributed by atoms with Gasteiger partial charge in [-0.1, -0.05) is 0 Å². The second-order valence-corrected chi connectivity index (χ2v) is 1.56. The SMILES string of the molecule is CC(=O)O.CC(=O)O.CC(=O)O.O.O.O.O.O.O.[Eu]. The van der Waals surface area contributed by atoms with E-state index in [4.69, 9.17) is 29.7 Å². The molecule has 19 heavy (non-hydrogen) atoms. The third-order valence-electron chi connectivity index (χ3n) is 0. The summed E-state index contributed by atoms with van der Waals surface area (Å²) in [6.07, 6.45) is 0. The normalized spacial score (nSPS) is 3.95. The number of carboxylic acid groups (broad SMARTS) is 3. The number of rotatable bonds is 0. The minimum Gasteiger partial charge on any atom is -0.481 e. The standard InChI is InChI=1S/3C2H4O2.Eu.6H2O/c3*1-2(3)4;;;;;;;/h3*1H3,(H,3,4);;6*1H2. The summed E-state index contributed by atoms with van der Waals surface area (Å²) in [6, 6.07) is 0. The van der Waals surface area contributed by atoms with Crippen LogP contribution >= 0.6 is 0 Å². The molecule has 0 aromatic heterocycles. The van der Waals surface area contributed by atoms with E-state index in [1.54, 1.807) is 0 Å². The molecule has 0 aromatic rings. The molecule has 0 aromatic carbocycles. The van der Waals surface area contributed by atoms with Crippen molar-refractivity contribution in [3.8, 4) is 0 Å². The smallest absolute Gasteiger partial charge is 0.300 e. The van der Waals surface area contributed by atoms with Crippen LogP contribution in [-0.4, -0.2) is 66.1 Å². The minimum absolute atomic E-state index is 0. The molecule has 0 fully saturated rings. The summed E-state index contributed by atoms with van der Waals surface area (Å²) in [5, 5.41) is 22.2. The zero-order chi connectivity index (χ0) is 10.7. The van der Waals surface area contributed by atoms with Crippen LogP contribution in [-0.2, 0) is 14.4 Å². The number of hydrogen-bond acceptors (Lipinski definition) is 3. The third-order valence-corrected chi connectivity index (χ3v) is 0. The van der Waals surface area contributed by atoms with E-state index in [0.717, 1.165) is 20.8 Å². The molecule has 15 N–H and O–H groups in total. The Morgan fingerprint density at radius 1 is 0.526 bits per heavy atom. The van der Waals surface area contributed by atoms with E-state index in [9.17, 15) is 0 Å². The van der Waals surface area contributed by atoms with Crippen LogP contribution < -0.4 is 0 Å². The molecule has 0 rings (SSSR count). The van der Waals surface area contributed by atoms with Crippen LogP contribution in [0.3, 0.4) is 0 Å². The Hall–Kier alpha value is -0.246. The van der Waals surface area contributed by atoms with E-state index < -0.39 is 17.9 Å². The number of aliphatic carboxylic acids is 3. The maximum atomic E-state index is 9.00. The van der Waals surface area contributed by atoms with E-state index in [0.29, 0.717) is 0 Å². The molecule has 0 aliphatic rings. The first-order chi connectivity index (χ1) is 5.20. The van der Waals surface area contributed by atoms with Crippen molar-refractivity contribution < 1.29 is 112 Å². The first-order valence-electron chi connectivity index (χ1n) is 2.78. The monoisotopic (exact) mass is 441 g/mol. The van der Waals surface area contributed by atoms with Crippen LogP contribution in [0.1, 0.15) is 20.8 Å². The summed E-state index contributed by atoms with van der Waals surface area (Å²) in [5.41, 5.74) is 0. The summed E-state index contributed by atoms with van der Waals surface area (Å²) in [5.74, 6) is -2.50. The van der Waals surface area contributed by atoms with Crippen LogP contribution in [0.4, 0.5) is 0 Å². The molecule has 13 heteroatoms. The first kappa shape index (κ1) is 77.1. The predicted molar refractivity (Wildman–Crippen MR) is 61.6 cm³/mol. The van der Waals surface area contributed by atoms with E-state index in [1.807, 2.05) is 0 Å². The van der Waals surface area contributed by atoms with Gasteiger partial charge in [0, 0.05) is 70.1 Å². The van der Waals surface area contributed by atoms with Crippen molar-refractivity contribution in [2.24, 2.45) is 0 Å². The predicted octanol–water partition coefficient (Wildman–Crippen LogP) is -4.68. The summed E-state index contributed by atoms with van der Waals surface area (Å²) < 4.78 is 0. The van der Waals surface area contributed by atoms with Crippen LogP contribution in [0.2, 0.25) is 0 Å². The number of carbonyl (C=O) groups is 3. The molecule has 0 saturated carbocycles. The van der Waals surface area contributed by atoms with Gasteiger partial charge in [0.2, 0.25) is 0 Å². The largest absolute Gasteiger partial charge is 0.481 e. The van der Waals surface area contributed by atoms with Crippen molar-refractivity contribution in [2.75, 3.05) is 0 Å². The molecule has 0 spiro atoms. The Labute approximate surface area is 149 Å². The third kappa shape index (κ3) is 73100. The summed E-state index contributed by atoms with van der Waals surface area (Å²) >= 11 is 0. The molecule has 0 amide bonds. The number of carboxylic acids is 3. The number of hydrogen-bond donors (Lipinski definition) is 3. The average molecular weight is 440 g/mol. The Kier molecular flexibility index (Phi) is 264. The van der Waals surface area contributed by atoms with Crippen LogP contribution in [0, 0.1) is 49.4 Å². The Morgan fingerprint density at radius 2 is 0.526 bits per heavy atom. The minimum atomic E-state index is -0.833. The molecule has 127 valence electrons. The first-order valence-corrected chi connectivity index (χ1v) is 2.78. The van der Waals surface area contributed by atoms with Gasteiger partial charge in [-0.05, 0) is 0 Å². The van der Waals surface area contributed by atoms with Gasteiger partial charge in [-0.3, -0.25) is 14.4 Å². The van der Waals surface area contributed by atoms with E-state index in [2.05, 4.69) is 0 Å². The fourth-order valence-electron chi connectivity index (χ4n) is 0. The average Bonchev–Trinajstić information content (AvgIpc) is 1.54. The van der Waals surface area contributed by atoms with Gasteiger partial charge in [-0.2, -0.15) is 0 Å². The Bertz CT molecular complexity index is 120. The van der Waals surface area contributed by atoms with E-state index >= 15 is 0 Å². The second-order valence-electron chi connectivity index (χ2n) is 1.56. The second kappa shape index (κ2) is 65.0. The van der Waals surface area contributed by atoms with Crippen molar-refractivity contribution in [1.82, 2.24) is 0 Å². The van der Waals surface area contributed by atoms with E-state index in [-0.39, 0.29) is 82.2 Å². The summed E-state index contributed by atoms with van der Waals surface area (Å²) in [6.45, 7) is 3.25. The van der Waals surface area contributed by atoms with Crippen molar-refractivity contribution in [3.05, 3.63) is 0 Å². The maximum Gasteiger partial charge on any atom is 0.300 e. The van der Waals surface area contributed by atoms with Gasteiger partial charge < -0.3 is 48.2 Å². The summed E-state index contributed by atoms with van der Waals surface area (Å²) in [7, 11) is 0. The maximum absolute atomic E-state index is 9.00. The Balaban J connectivity index is -0.00000000675. The van der Waals surface area contributed by atoms with Gasteiger partial charge in [0.15, 0.2) is 0 Å². The topological polar surface area (TPSA) is 301 Å². The van der Waals surface area contributed by atoms with Gasteiger partial charge in [0.1, 0.15) is 0 Å². The zero-order valence-corrected chi connectivity index (χ0v) is 12.9. The summed E-state index contributed by atoms with van der Waals surface area (Å²) in [4.78, 5) is 27.0. The fourth-order valence-corrected chi connectivity index (χ4v) is 0. The molecule has 0 bridgehead atoms. The molecule has 0 unspecified atom stereocenters. The van der Waals surface area contributed by atoms with Gasteiger partial charge in [0.25, 0.3) is 17.9 Å². The molecule has 0 aliphatic heterocycles. The van der Waals surface area contributed by atoms with Gasteiger partial charge >= 0.3 is 0 Å². The molecular weight excluding hydrogens is 416 g/mol. The van der Waals surface area contributed by atoms with Gasteiger partial charge in [0.05, 0.1) is 0 Å². The molecule has 0 heterocycles. The van der Waals surface area contributed by atoms with Crippen molar-refractivity contribution in [3.63, 3.8) is 0 Å². The van der Waals surface area contributed by atoms with Crippen molar-refractivity contribution >= 4 is 17.9 Å². The molecular formula is C6H24EuO12.